The number of hydrogen-bond acceptors (Lipinski definition) is 3. The van der Waals surface area contributed by atoms with Crippen molar-refractivity contribution in [3.05, 3.63) is 53.1 Å². The molecule has 2 atom stereocenters. The van der Waals surface area contributed by atoms with Crippen molar-refractivity contribution in [1.82, 2.24) is 0 Å². The number of hydrogen-bond donors (Lipinski definition) is 1. The maximum Gasteiger partial charge on any atom is 0.0704 e. The van der Waals surface area contributed by atoms with Crippen molar-refractivity contribution in [1.29, 1.82) is 0 Å². The molecule has 0 bridgehead atoms. The molecule has 2 heterocycles. The minimum absolute atomic E-state index is 0.172. The summed E-state index contributed by atoms with van der Waals surface area (Å²) < 4.78 is 0. The Morgan fingerprint density at radius 2 is 2.00 bits per heavy atom. The van der Waals surface area contributed by atoms with E-state index in [0.717, 1.165) is 24.4 Å². The topological polar surface area (TPSA) is 29.3 Å². The molecule has 108 valence electrons. The van der Waals surface area contributed by atoms with Crippen LogP contribution >= 0.6 is 23.4 Å². The van der Waals surface area contributed by atoms with Gasteiger partial charge < -0.3 is 10.6 Å². The van der Waals surface area contributed by atoms with Gasteiger partial charge >= 0.3 is 0 Å². The molecule has 2 aromatic carbocycles. The van der Waals surface area contributed by atoms with E-state index in [0.29, 0.717) is 0 Å². The number of benzene rings is 2. The Labute approximate surface area is 134 Å². The average molecular weight is 317 g/mol. The van der Waals surface area contributed by atoms with E-state index in [1.165, 1.54) is 21.0 Å². The van der Waals surface area contributed by atoms with Crippen molar-refractivity contribution in [2.45, 2.75) is 34.7 Å². The molecule has 0 spiro atoms. The van der Waals surface area contributed by atoms with Crippen molar-refractivity contribution < 1.29 is 0 Å². The van der Waals surface area contributed by atoms with E-state index in [1.54, 1.807) is 0 Å². The predicted octanol–water partition coefficient (Wildman–Crippen LogP) is 4.47. The van der Waals surface area contributed by atoms with Gasteiger partial charge in [0.25, 0.3) is 0 Å². The van der Waals surface area contributed by atoms with Crippen molar-refractivity contribution in [3.63, 3.8) is 0 Å². The smallest absolute Gasteiger partial charge is 0.0704 e. The van der Waals surface area contributed by atoms with Crippen LogP contribution in [-0.2, 0) is 0 Å². The Bertz CT molecular complexity index is 688. The van der Waals surface area contributed by atoms with Gasteiger partial charge in [-0.25, -0.2) is 0 Å². The van der Waals surface area contributed by atoms with Crippen LogP contribution in [0.1, 0.15) is 24.4 Å². The molecule has 0 radical (unpaired) electrons. The summed E-state index contributed by atoms with van der Waals surface area (Å²) in [6.07, 6.45) is 2.21. The van der Waals surface area contributed by atoms with Crippen LogP contribution in [0.4, 0.5) is 5.69 Å². The fourth-order valence-electron chi connectivity index (χ4n) is 3.43. The second-order valence-corrected chi connectivity index (χ2v) is 7.22. The van der Waals surface area contributed by atoms with E-state index >= 15 is 0 Å². The van der Waals surface area contributed by atoms with Gasteiger partial charge in [-0.1, -0.05) is 41.6 Å². The van der Waals surface area contributed by atoms with Gasteiger partial charge in [-0.2, -0.15) is 0 Å². The van der Waals surface area contributed by atoms with Crippen LogP contribution in [0.25, 0.3) is 0 Å². The van der Waals surface area contributed by atoms with Crippen LogP contribution in [0.2, 0.25) is 5.02 Å². The maximum absolute atomic E-state index is 6.48. The van der Waals surface area contributed by atoms with Gasteiger partial charge in [0.15, 0.2) is 0 Å². The lowest BCUT2D eigenvalue weighted by molar-refractivity contribution is 0.405. The second kappa shape index (κ2) is 5.24. The zero-order chi connectivity index (χ0) is 14.4. The summed E-state index contributed by atoms with van der Waals surface area (Å²) in [5.74, 6) is 0. The molecule has 2 nitrogen and oxygen atoms in total. The zero-order valence-electron chi connectivity index (χ0n) is 11.6. The first kappa shape index (κ1) is 13.5. The monoisotopic (exact) mass is 316 g/mol. The minimum Gasteiger partial charge on any atom is -0.362 e. The SMILES string of the molecule is N[C@H]1CCCN2c3cc(Cl)ccc3Sc3ccccc3[C@@H]12. The third-order valence-corrected chi connectivity index (χ3v) is 5.76. The third-order valence-electron chi connectivity index (χ3n) is 4.37. The largest absolute Gasteiger partial charge is 0.362 e. The van der Waals surface area contributed by atoms with Crippen LogP contribution in [0.15, 0.2) is 52.3 Å². The number of nitrogens with zero attached hydrogens (tertiary/aromatic N) is 1. The van der Waals surface area contributed by atoms with Crippen molar-refractivity contribution in [2.24, 2.45) is 5.73 Å². The fraction of sp³-hybridized carbons (Fsp3) is 0.294. The lowest BCUT2D eigenvalue weighted by Gasteiger charge is -2.41. The highest BCUT2D eigenvalue weighted by Crippen LogP contribution is 2.48. The average Bonchev–Trinajstić information content (AvgIpc) is 2.63. The van der Waals surface area contributed by atoms with E-state index in [-0.39, 0.29) is 12.1 Å². The molecule has 0 unspecified atom stereocenters. The van der Waals surface area contributed by atoms with Gasteiger partial charge in [-0.15, -0.1) is 0 Å². The second-order valence-electron chi connectivity index (χ2n) is 5.70. The molecule has 0 saturated carbocycles. The predicted molar refractivity (Wildman–Crippen MR) is 89.3 cm³/mol. The van der Waals surface area contributed by atoms with Gasteiger partial charge in [0.2, 0.25) is 0 Å². The molecule has 4 heteroatoms. The summed E-state index contributed by atoms with van der Waals surface area (Å²) in [5.41, 5.74) is 9.06. The van der Waals surface area contributed by atoms with Crippen LogP contribution < -0.4 is 10.6 Å². The number of fused-ring (bicyclic) bond motifs is 5. The summed E-state index contributed by atoms with van der Waals surface area (Å²) in [5, 5.41) is 0.790. The Morgan fingerprint density at radius 3 is 2.90 bits per heavy atom. The highest BCUT2D eigenvalue weighted by atomic mass is 35.5. The molecule has 0 aromatic heterocycles. The lowest BCUT2D eigenvalue weighted by Crippen LogP contribution is -2.46. The molecule has 4 rings (SSSR count). The standard InChI is InChI=1S/C17H17ClN2S/c18-11-7-8-16-14(10-11)20-9-3-5-13(19)17(20)12-4-1-2-6-15(12)21-16/h1-2,4,6-8,10,13,17H,3,5,9,19H2/t13-,17-/m0/s1. The van der Waals surface area contributed by atoms with Gasteiger partial charge in [-0.3, -0.25) is 0 Å². The molecule has 0 amide bonds. The third kappa shape index (κ3) is 2.24. The normalized spacial score (nSPS) is 23.8. The van der Waals surface area contributed by atoms with E-state index in [4.69, 9.17) is 17.3 Å². The molecule has 0 aliphatic carbocycles. The highest BCUT2D eigenvalue weighted by Gasteiger charge is 2.35. The molecule has 1 saturated heterocycles. The minimum atomic E-state index is 0.172. The summed E-state index contributed by atoms with van der Waals surface area (Å²) >= 11 is 8.07. The number of piperidine rings is 1. The van der Waals surface area contributed by atoms with Gasteiger partial charge in [0.1, 0.15) is 0 Å². The molecule has 2 N–H and O–H groups in total. The summed E-state index contributed by atoms with van der Waals surface area (Å²) in [7, 11) is 0. The number of rotatable bonds is 0. The van der Waals surface area contributed by atoms with Crippen LogP contribution in [0.3, 0.4) is 0 Å². The van der Waals surface area contributed by atoms with E-state index < -0.39 is 0 Å². The fourth-order valence-corrected chi connectivity index (χ4v) is 4.71. The molecule has 1 fully saturated rings. The maximum atomic E-state index is 6.48. The Kier molecular flexibility index (Phi) is 3.37. The number of halogens is 1. The van der Waals surface area contributed by atoms with Gasteiger partial charge in [0.05, 0.1) is 11.7 Å². The van der Waals surface area contributed by atoms with Crippen molar-refractivity contribution >= 4 is 29.1 Å². The Hall–Kier alpha value is -1.16. The summed E-state index contributed by atoms with van der Waals surface area (Å²) in [4.78, 5) is 5.03. The van der Waals surface area contributed by atoms with Crippen molar-refractivity contribution in [2.75, 3.05) is 11.4 Å². The van der Waals surface area contributed by atoms with E-state index in [9.17, 15) is 0 Å². The first-order chi connectivity index (χ1) is 10.2. The lowest BCUT2D eigenvalue weighted by atomic mass is 9.90. The first-order valence-electron chi connectivity index (χ1n) is 7.32. The van der Waals surface area contributed by atoms with Crippen LogP contribution in [-0.4, -0.2) is 12.6 Å². The molecule has 21 heavy (non-hydrogen) atoms. The molecular formula is C17H17ClN2S. The molecular weight excluding hydrogens is 300 g/mol. The van der Waals surface area contributed by atoms with Crippen LogP contribution in [0.5, 0.6) is 0 Å². The Balaban J connectivity index is 1.94. The van der Waals surface area contributed by atoms with Crippen LogP contribution in [0, 0.1) is 0 Å². The Morgan fingerprint density at radius 1 is 1.14 bits per heavy atom. The molecule has 2 aliphatic rings. The van der Waals surface area contributed by atoms with E-state index in [2.05, 4.69) is 41.3 Å². The number of nitrogens with two attached hydrogens (primary N) is 1. The molecule has 2 aliphatic heterocycles. The van der Waals surface area contributed by atoms with E-state index in [1.807, 2.05) is 17.8 Å². The summed E-state index contributed by atoms with van der Waals surface area (Å²) in [6, 6.07) is 15.2. The van der Waals surface area contributed by atoms with Gasteiger partial charge in [0, 0.05) is 27.4 Å². The van der Waals surface area contributed by atoms with Gasteiger partial charge in [-0.05, 0) is 42.7 Å². The highest BCUT2D eigenvalue weighted by molar-refractivity contribution is 7.99. The zero-order valence-corrected chi connectivity index (χ0v) is 13.2. The quantitative estimate of drug-likeness (QED) is 0.777. The summed E-state index contributed by atoms with van der Waals surface area (Å²) in [6.45, 7) is 1.04. The molecule has 2 aromatic rings. The number of anilines is 1. The first-order valence-corrected chi connectivity index (χ1v) is 8.52. The van der Waals surface area contributed by atoms with Crippen molar-refractivity contribution in [3.8, 4) is 0 Å².